The molecule has 0 unspecified atom stereocenters. The van der Waals surface area contributed by atoms with Crippen molar-refractivity contribution < 1.29 is 9.59 Å². The number of fused-ring (bicyclic) bond motifs is 1. The van der Waals surface area contributed by atoms with Crippen molar-refractivity contribution in [2.75, 3.05) is 20.1 Å². The van der Waals surface area contributed by atoms with E-state index in [0.717, 1.165) is 12.1 Å². The van der Waals surface area contributed by atoms with Gasteiger partial charge in [-0.05, 0) is 35.2 Å². The van der Waals surface area contributed by atoms with E-state index in [1.807, 2.05) is 31.3 Å². The Morgan fingerprint density at radius 3 is 2.79 bits per heavy atom. The van der Waals surface area contributed by atoms with Crippen molar-refractivity contribution >= 4 is 22.7 Å². The van der Waals surface area contributed by atoms with E-state index in [1.54, 1.807) is 22.2 Å². The first kappa shape index (κ1) is 18.2. The predicted molar refractivity (Wildman–Crippen MR) is 107 cm³/mol. The molecule has 28 heavy (non-hydrogen) atoms. The minimum Gasteiger partial charge on any atom is -0.346 e. The van der Waals surface area contributed by atoms with Gasteiger partial charge in [0.1, 0.15) is 0 Å². The number of carbonyl (C=O) groups is 2. The summed E-state index contributed by atoms with van der Waals surface area (Å²) in [5.74, 6) is -0.178. The van der Waals surface area contributed by atoms with E-state index in [1.165, 1.54) is 10.9 Å². The first-order chi connectivity index (χ1) is 13.6. The highest BCUT2D eigenvalue weighted by molar-refractivity contribution is 5.89. The Morgan fingerprint density at radius 2 is 1.96 bits per heavy atom. The van der Waals surface area contributed by atoms with Gasteiger partial charge in [0.05, 0.1) is 5.92 Å². The van der Waals surface area contributed by atoms with E-state index < -0.39 is 0 Å². The van der Waals surface area contributed by atoms with Gasteiger partial charge < -0.3 is 14.4 Å². The number of hydrogen-bond donors (Lipinski definition) is 0. The van der Waals surface area contributed by atoms with Gasteiger partial charge in [0.15, 0.2) is 0 Å². The second-order valence-corrected chi connectivity index (χ2v) is 7.36. The molecule has 1 aliphatic rings. The van der Waals surface area contributed by atoms with E-state index in [0.29, 0.717) is 26.1 Å². The van der Waals surface area contributed by atoms with Gasteiger partial charge in [-0.25, -0.2) is 0 Å². The van der Waals surface area contributed by atoms with Crippen molar-refractivity contribution in [3.8, 4) is 0 Å². The lowest BCUT2D eigenvalue weighted by molar-refractivity contribution is -0.134. The molecular formula is C22H24N4O2. The number of pyridine rings is 1. The van der Waals surface area contributed by atoms with Gasteiger partial charge >= 0.3 is 0 Å². The zero-order valence-corrected chi connectivity index (χ0v) is 16.0. The molecule has 0 spiro atoms. The molecule has 2 aromatic heterocycles. The molecule has 0 aliphatic carbocycles. The zero-order valence-electron chi connectivity index (χ0n) is 16.0. The molecule has 0 saturated carbocycles. The van der Waals surface area contributed by atoms with E-state index in [-0.39, 0.29) is 17.7 Å². The first-order valence-electron chi connectivity index (χ1n) is 9.57. The second-order valence-electron chi connectivity index (χ2n) is 7.36. The standard InChI is InChI=1S/C22H24N4O2/c1-24(12-13-25-11-8-18-4-2-3-5-20(18)25)22(28)19-14-21(27)26(16-19)15-17-6-9-23-10-7-17/h2-11,19H,12-16H2,1H3/t19-/m1/s1. The molecule has 0 N–H and O–H groups in total. The topological polar surface area (TPSA) is 58.4 Å². The third kappa shape index (κ3) is 3.76. The van der Waals surface area contributed by atoms with E-state index in [2.05, 4.69) is 33.9 Å². The summed E-state index contributed by atoms with van der Waals surface area (Å²) in [6.45, 7) is 2.37. The highest BCUT2D eigenvalue weighted by atomic mass is 16.2. The lowest BCUT2D eigenvalue weighted by atomic mass is 10.1. The fourth-order valence-corrected chi connectivity index (χ4v) is 3.81. The quantitative estimate of drug-likeness (QED) is 0.664. The number of amides is 2. The van der Waals surface area contributed by atoms with Crippen molar-refractivity contribution in [2.24, 2.45) is 5.92 Å². The Bertz CT molecular complexity index is 982. The molecule has 1 atom stereocenters. The van der Waals surface area contributed by atoms with Gasteiger partial charge in [0, 0.05) is 63.8 Å². The average molecular weight is 376 g/mol. The number of nitrogens with zero attached hydrogens (tertiary/aromatic N) is 4. The number of para-hydroxylation sites is 1. The van der Waals surface area contributed by atoms with Crippen molar-refractivity contribution in [1.82, 2.24) is 19.4 Å². The largest absolute Gasteiger partial charge is 0.346 e. The van der Waals surface area contributed by atoms with E-state index in [9.17, 15) is 9.59 Å². The maximum Gasteiger partial charge on any atom is 0.227 e. The third-order valence-electron chi connectivity index (χ3n) is 5.42. The molecule has 1 saturated heterocycles. The van der Waals surface area contributed by atoms with Gasteiger partial charge in [0.2, 0.25) is 11.8 Å². The summed E-state index contributed by atoms with van der Waals surface area (Å²) in [6, 6.07) is 14.1. The molecule has 3 aromatic rings. The monoisotopic (exact) mass is 376 g/mol. The van der Waals surface area contributed by atoms with Gasteiger partial charge in [-0.1, -0.05) is 18.2 Å². The summed E-state index contributed by atoms with van der Waals surface area (Å²) in [6.07, 6.45) is 5.79. The third-order valence-corrected chi connectivity index (χ3v) is 5.42. The number of likely N-dealkylation sites (N-methyl/N-ethyl adjacent to an activating group) is 1. The van der Waals surface area contributed by atoms with E-state index in [4.69, 9.17) is 0 Å². The summed E-state index contributed by atoms with van der Waals surface area (Å²) in [4.78, 5) is 32.7. The summed E-state index contributed by atoms with van der Waals surface area (Å²) < 4.78 is 2.16. The highest BCUT2D eigenvalue weighted by Crippen LogP contribution is 2.22. The minimum atomic E-state index is -0.263. The molecule has 2 amide bonds. The van der Waals surface area contributed by atoms with Crippen LogP contribution in [0.3, 0.4) is 0 Å². The fourth-order valence-electron chi connectivity index (χ4n) is 3.81. The molecule has 1 aromatic carbocycles. The van der Waals surface area contributed by atoms with Crippen LogP contribution in [-0.2, 0) is 22.7 Å². The van der Waals surface area contributed by atoms with Crippen molar-refractivity contribution in [2.45, 2.75) is 19.5 Å². The number of benzene rings is 1. The molecule has 1 aliphatic heterocycles. The lowest BCUT2D eigenvalue weighted by Gasteiger charge is -2.22. The number of likely N-dealkylation sites (tertiary alicyclic amines) is 1. The van der Waals surface area contributed by atoms with Gasteiger partial charge in [-0.15, -0.1) is 0 Å². The maximum atomic E-state index is 12.8. The normalized spacial score (nSPS) is 16.7. The molecule has 6 heteroatoms. The van der Waals surface area contributed by atoms with Crippen molar-refractivity contribution in [3.05, 3.63) is 66.6 Å². The van der Waals surface area contributed by atoms with Crippen molar-refractivity contribution in [3.63, 3.8) is 0 Å². The molecule has 0 bridgehead atoms. The van der Waals surface area contributed by atoms with Crippen LogP contribution in [0, 0.1) is 5.92 Å². The Labute approximate surface area is 164 Å². The molecule has 4 rings (SSSR count). The SMILES string of the molecule is CN(CCn1ccc2ccccc21)C(=O)[C@@H]1CC(=O)N(Cc2ccncc2)C1. The number of aromatic nitrogens is 2. The molecule has 3 heterocycles. The smallest absolute Gasteiger partial charge is 0.227 e. The number of carbonyl (C=O) groups excluding carboxylic acids is 2. The number of rotatable bonds is 6. The lowest BCUT2D eigenvalue weighted by Crippen LogP contribution is -2.36. The molecule has 144 valence electrons. The molecule has 6 nitrogen and oxygen atoms in total. The van der Waals surface area contributed by atoms with Gasteiger partial charge in [0.25, 0.3) is 0 Å². The van der Waals surface area contributed by atoms with Crippen molar-refractivity contribution in [1.29, 1.82) is 0 Å². The zero-order chi connectivity index (χ0) is 19.5. The van der Waals surface area contributed by atoms with Crippen LogP contribution in [0.4, 0.5) is 0 Å². The Kier molecular flexibility index (Phi) is 5.10. The minimum absolute atomic E-state index is 0.0416. The van der Waals surface area contributed by atoms with Crippen LogP contribution in [0.2, 0.25) is 0 Å². The van der Waals surface area contributed by atoms with Gasteiger partial charge in [-0.2, -0.15) is 0 Å². The van der Waals surface area contributed by atoms with Crippen LogP contribution >= 0.6 is 0 Å². The summed E-state index contributed by atoms with van der Waals surface area (Å²) in [7, 11) is 1.82. The van der Waals surface area contributed by atoms with Crippen LogP contribution in [0.25, 0.3) is 10.9 Å². The van der Waals surface area contributed by atoms with Crippen LogP contribution in [-0.4, -0.2) is 51.3 Å². The maximum absolute atomic E-state index is 12.8. The summed E-state index contributed by atoms with van der Waals surface area (Å²) >= 11 is 0. The molecule has 0 radical (unpaired) electrons. The van der Waals surface area contributed by atoms with Crippen LogP contribution in [0.5, 0.6) is 0 Å². The Hall–Kier alpha value is -3.15. The number of hydrogen-bond acceptors (Lipinski definition) is 3. The summed E-state index contributed by atoms with van der Waals surface area (Å²) in [5, 5.41) is 1.20. The van der Waals surface area contributed by atoms with Crippen LogP contribution in [0.15, 0.2) is 61.1 Å². The Balaban J connectivity index is 1.34. The van der Waals surface area contributed by atoms with Gasteiger partial charge in [-0.3, -0.25) is 14.6 Å². The average Bonchev–Trinajstić information content (AvgIpc) is 3.30. The van der Waals surface area contributed by atoms with Crippen LogP contribution < -0.4 is 0 Å². The predicted octanol–water partition coefficient (Wildman–Crippen LogP) is 2.54. The molecular weight excluding hydrogens is 352 g/mol. The van der Waals surface area contributed by atoms with Crippen LogP contribution in [0.1, 0.15) is 12.0 Å². The Morgan fingerprint density at radius 1 is 1.18 bits per heavy atom. The second kappa shape index (κ2) is 7.84. The summed E-state index contributed by atoms with van der Waals surface area (Å²) in [5.41, 5.74) is 2.20. The first-order valence-corrected chi connectivity index (χ1v) is 9.57. The molecule has 1 fully saturated rings. The highest BCUT2D eigenvalue weighted by Gasteiger charge is 2.35. The fraction of sp³-hybridized carbons (Fsp3) is 0.318. The van der Waals surface area contributed by atoms with E-state index >= 15 is 0 Å².